The lowest BCUT2D eigenvalue weighted by atomic mass is 10.1. The molecule has 2 N–H and O–H groups in total. The molecule has 2 aromatic carbocycles. The topological polar surface area (TPSA) is 87.5 Å². The van der Waals surface area contributed by atoms with Crippen LogP contribution in [-0.4, -0.2) is 40.4 Å². The third kappa shape index (κ3) is 5.14. The van der Waals surface area contributed by atoms with Gasteiger partial charge in [-0.2, -0.15) is 5.10 Å². The van der Waals surface area contributed by atoms with E-state index in [2.05, 4.69) is 26.3 Å². The molecule has 0 unspecified atom stereocenters. The van der Waals surface area contributed by atoms with Gasteiger partial charge in [-0.25, -0.2) is 4.79 Å². The fourth-order valence-electron chi connectivity index (χ4n) is 3.50. The zero-order valence-electron chi connectivity index (χ0n) is 17.9. The Morgan fingerprint density at radius 3 is 2.42 bits per heavy atom. The summed E-state index contributed by atoms with van der Waals surface area (Å²) < 4.78 is 2.73. The van der Waals surface area contributed by atoms with Gasteiger partial charge >= 0.3 is 5.97 Å². The maximum atomic E-state index is 12.5. The number of aromatic nitrogens is 2. The monoisotopic (exact) mass is 484 g/mol. The number of aryl methyl sites for hydroxylation is 2. The number of carbonyl (C=O) groups is 2. The van der Waals surface area contributed by atoms with Crippen molar-refractivity contribution in [2.45, 2.75) is 20.3 Å². The van der Waals surface area contributed by atoms with Gasteiger partial charge in [0.2, 0.25) is 0 Å². The number of likely N-dealkylation sites (N-methyl/N-ethyl adjacent to an activating group) is 1. The summed E-state index contributed by atoms with van der Waals surface area (Å²) >= 11 is 3.34. The van der Waals surface area contributed by atoms with Crippen molar-refractivity contribution in [1.82, 2.24) is 9.78 Å². The van der Waals surface area contributed by atoms with Crippen LogP contribution in [0.1, 0.15) is 37.7 Å². The van der Waals surface area contributed by atoms with Crippen LogP contribution >= 0.6 is 15.9 Å². The maximum Gasteiger partial charge on any atom is 0.337 e. The lowest BCUT2D eigenvalue weighted by Gasteiger charge is -2.22. The van der Waals surface area contributed by atoms with Crippen molar-refractivity contribution in [2.24, 2.45) is 7.05 Å². The first-order chi connectivity index (χ1) is 14.7. The van der Waals surface area contributed by atoms with Crippen molar-refractivity contribution in [3.8, 4) is 0 Å². The molecule has 0 spiro atoms. The largest absolute Gasteiger partial charge is 0.478 e. The standard InChI is InChI=1S/C23H25BrN4O3/c1-14-19(15(2)28(4)26-14)11-12-27(3)21-10-9-18(13-20(21)23(30)31)25-22(29)16-5-7-17(24)8-6-16/h5-10,13H,11-12H2,1-4H3,(H,25,29)(H,30,31). The average Bonchev–Trinajstić information content (AvgIpc) is 2.97. The highest BCUT2D eigenvalue weighted by Gasteiger charge is 2.17. The van der Waals surface area contributed by atoms with Gasteiger partial charge in [0.25, 0.3) is 5.91 Å². The van der Waals surface area contributed by atoms with Crippen LogP contribution in [0.25, 0.3) is 0 Å². The lowest BCUT2D eigenvalue weighted by Crippen LogP contribution is -2.23. The number of carboxylic acids is 1. The highest BCUT2D eigenvalue weighted by Crippen LogP contribution is 2.25. The molecule has 0 radical (unpaired) electrons. The van der Waals surface area contributed by atoms with Gasteiger partial charge in [-0.05, 0) is 68.3 Å². The Morgan fingerprint density at radius 1 is 1.16 bits per heavy atom. The Labute approximate surface area is 189 Å². The van der Waals surface area contributed by atoms with Crippen molar-refractivity contribution in [1.29, 1.82) is 0 Å². The van der Waals surface area contributed by atoms with Gasteiger partial charge < -0.3 is 15.3 Å². The smallest absolute Gasteiger partial charge is 0.337 e. The van der Waals surface area contributed by atoms with Crippen LogP contribution in [0.15, 0.2) is 46.9 Å². The van der Waals surface area contributed by atoms with Crippen LogP contribution in [0.3, 0.4) is 0 Å². The third-order valence-electron chi connectivity index (χ3n) is 5.36. The molecular formula is C23H25BrN4O3. The number of nitrogens with one attached hydrogen (secondary N) is 1. The number of amides is 1. The fraction of sp³-hybridized carbons (Fsp3) is 0.261. The molecule has 1 heterocycles. The molecule has 8 heteroatoms. The molecule has 0 atom stereocenters. The predicted molar refractivity (Wildman–Crippen MR) is 125 cm³/mol. The van der Waals surface area contributed by atoms with E-state index in [1.807, 2.05) is 37.5 Å². The molecule has 1 amide bonds. The number of aromatic carboxylic acids is 1. The lowest BCUT2D eigenvalue weighted by molar-refractivity contribution is 0.0697. The average molecular weight is 485 g/mol. The van der Waals surface area contributed by atoms with E-state index in [4.69, 9.17) is 0 Å². The van der Waals surface area contributed by atoms with Crippen molar-refractivity contribution in [3.05, 3.63) is 75.0 Å². The number of nitrogens with zero attached hydrogens (tertiary/aromatic N) is 3. The summed E-state index contributed by atoms with van der Waals surface area (Å²) in [6.45, 7) is 4.65. The number of rotatable bonds is 7. The normalized spacial score (nSPS) is 10.7. The van der Waals surface area contributed by atoms with Gasteiger partial charge in [0.05, 0.1) is 16.9 Å². The number of hydrogen-bond donors (Lipinski definition) is 2. The van der Waals surface area contributed by atoms with Gasteiger partial charge in [0.1, 0.15) is 0 Å². The molecule has 31 heavy (non-hydrogen) atoms. The highest BCUT2D eigenvalue weighted by atomic mass is 79.9. The predicted octanol–water partition coefficient (Wildman–Crippen LogP) is 4.43. The van der Waals surface area contributed by atoms with Crippen LogP contribution in [0.4, 0.5) is 11.4 Å². The summed E-state index contributed by atoms with van der Waals surface area (Å²) in [5.74, 6) is -1.34. The molecule has 0 saturated heterocycles. The first-order valence-electron chi connectivity index (χ1n) is 9.82. The van der Waals surface area contributed by atoms with Crippen molar-refractivity contribution in [2.75, 3.05) is 23.8 Å². The van der Waals surface area contributed by atoms with Gasteiger partial charge in [-0.1, -0.05) is 15.9 Å². The number of halogens is 1. The van der Waals surface area contributed by atoms with Crippen molar-refractivity contribution in [3.63, 3.8) is 0 Å². The minimum absolute atomic E-state index is 0.135. The molecule has 162 valence electrons. The first-order valence-corrected chi connectivity index (χ1v) is 10.6. The zero-order valence-corrected chi connectivity index (χ0v) is 19.5. The van der Waals surface area contributed by atoms with E-state index in [0.717, 1.165) is 22.3 Å². The number of benzene rings is 2. The van der Waals surface area contributed by atoms with E-state index < -0.39 is 5.97 Å². The molecular weight excluding hydrogens is 460 g/mol. The van der Waals surface area contributed by atoms with E-state index in [-0.39, 0.29) is 11.5 Å². The summed E-state index contributed by atoms with van der Waals surface area (Å²) in [6.07, 6.45) is 0.753. The molecule has 0 aliphatic carbocycles. The molecule has 1 aromatic heterocycles. The Balaban J connectivity index is 1.77. The van der Waals surface area contributed by atoms with E-state index >= 15 is 0 Å². The number of anilines is 2. The summed E-state index contributed by atoms with van der Waals surface area (Å²) in [6, 6.07) is 11.9. The van der Waals surface area contributed by atoms with Gasteiger partial charge in [-0.3, -0.25) is 9.48 Å². The van der Waals surface area contributed by atoms with Crippen LogP contribution < -0.4 is 10.2 Å². The van der Waals surface area contributed by atoms with Crippen LogP contribution in [-0.2, 0) is 13.5 Å². The van der Waals surface area contributed by atoms with Gasteiger partial charge in [0.15, 0.2) is 0 Å². The van der Waals surface area contributed by atoms with E-state index in [1.54, 1.807) is 36.4 Å². The van der Waals surface area contributed by atoms with E-state index in [0.29, 0.717) is 23.5 Å². The van der Waals surface area contributed by atoms with Gasteiger partial charge in [-0.15, -0.1) is 0 Å². The second-order valence-electron chi connectivity index (χ2n) is 7.44. The summed E-state index contributed by atoms with van der Waals surface area (Å²) in [7, 11) is 3.78. The molecule has 3 rings (SSSR count). The Bertz CT molecular complexity index is 1120. The maximum absolute atomic E-state index is 12.5. The van der Waals surface area contributed by atoms with Crippen LogP contribution in [0.5, 0.6) is 0 Å². The Kier molecular flexibility index (Phi) is 6.80. The number of carboxylic acid groups (broad SMARTS) is 1. The summed E-state index contributed by atoms with van der Waals surface area (Å²) in [5, 5.41) is 16.9. The van der Waals surface area contributed by atoms with Crippen LogP contribution in [0, 0.1) is 13.8 Å². The molecule has 0 aliphatic rings. The van der Waals surface area contributed by atoms with Gasteiger partial charge in [0, 0.05) is 42.1 Å². The fourth-order valence-corrected chi connectivity index (χ4v) is 3.77. The minimum atomic E-state index is -1.05. The quantitative estimate of drug-likeness (QED) is 0.517. The van der Waals surface area contributed by atoms with E-state index in [9.17, 15) is 14.7 Å². The molecule has 0 aliphatic heterocycles. The SMILES string of the molecule is Cc1nn(C)c(C)c1CCN(C)c1ccc(NC(=O)c2ccc(Br)cc2)cc1C(=O)O. The van der Waals surface area contributed by atoms with E-state index in [1.165, 1.54) is 11.6 Å². The second-order valence-corrected chi connectivity index (χ2v) is 8.36. The number of carbonyl (C=O) groups excluding carboxylic acids is 1. The Morgan fingerprint density at radius 2 is 1.84 bits per heavy atom. The first kappa shape index (κ1) is 22.6. The Hall–Kier alpha value is -3.13. The number of hydrogen-bond acceptors (Lipinski definition) is 4. The zero-order chi connectivity index (χ0) is 22.7. The minimum Gasteiger partial charge on any atom is -0.478 e. The summed E-state index contributed by atoms with van der Waals surface area (Å²) in [4.78, 5) is 26.3. The molecule has 7 nitrogen and oxygen atoms in total. The van der Waals surface area contributed by atoms with Crippen LogP contribution in [0.2, 0.25) is 0 Å². The summed E-state index contributed by atoms with van der Waals surface area (Å²) in [5.41, 5.74) is 4.91. The molecule has 0 saturated carbocycles. The molecule has 0 bridgehead atoms. The van der Waals surface area contributed by atoms with Crippen molar-refractivity contribution < 1.29 is 14.7 Å². The second kappa shape index (κ2) is 9.34. The van der Waals surface area contributed by atoms with Crippen molar-refractivity contribution >= 4 is 39.2 Å². The third-order valence-corrected chi connectivity index (χ3v) is 5.89. The molecule has 0 fully saturated rings. The highest BCUT2D eigenvalue weighted by molar-refractivity contribution is 9.10. The molecule has 3 aromatic rings.